The summed E-state index contributed by atoms with van der Waals surface area (Å²) in [5, 5.41) is 17.2. The normalized spacial score (nSPS) is 12.1. The fraction of sp³-hybridized carbons (Fsp3) is 0. The minimum atomic E-state index is 0.925. The van der Waals surface area contributed by atoms with Crippen LogP contribution in [0.25, 0.3) is 140 Å². The molecule has 0 aliphatic carbocycles. The molecule has 0 amide bonds. The molecule has 0 aliphatic heterocycles. The molecular weight excluding hydrogens is 793 g/mol. The first kappa shape index (κ1) is 35.5. The first-order chi connectivity index (χ1) is 31.8. The Morgan fingerprint density at radius 1 is 0.297 bits per heavy atom. The molecule has 14 rings (SSSR count). The van der Waals surface area contributed by atoms with Crippen LogP contribution in [0, 0.1) is 0 Å². The highest BCUT2D eigenvalue weighted by Crippen LogP contribution is 2.51. The van der Waals surface area contributed by atoms with Crippen LogP contribution in [0.2, 0.25) is 0 Å². The Balaban J connectivity index is 1.02. The average Bonchev–Trinajstić information content (AvgIpc) is 3.93. The van der Waals surface area contributed by atoms with Crippen molar-refractivity contribution in [2.24, 2.45) is 0 Å². The molecule has 0 spiro atoms. The lowest BCUT2D eigenvalue weighted by molar-refractivity contribution is 0.673. The van der Waals surface area contributed by atoms with Crippen LogP contribution in [-0.2, 0) is 0 Å². The van der Waals surface area contributed by atoms with Gasteiger partial charge in [0.2, 0.25) is 0 Å². The summed E-state index contributed by atoms with van der Waals surface area (Å²) in [5.74, 6) is 0. The standard InChI is InChI=1S/C62H36OS/c1-3-20-41-37(15-1)17-14-29-42(41)38-18-13-19-40(35-38)57-47-25-7-9-27-49(47)58(50-28-10-8-26-48(50)57)51-31-32-52(45-23-6-5-22-44(45)51)59-43-21-4-2-16-39(43)36-54-60-56(64-62(54)59)34-33-53-46-24-11-12-30-55(46)63-61(53)60/h1-36H. The zero-order valence-electron chi connectivity index (χ0n) is 34.6. The van der Waals surface area contributed by atoms with Crippen molar-refractivity contribution in [3.05, 3.63) is 218 Å². The van der Waals surface area contributed by atoms with Crippen molar-refractivity contribution in [3.63, 3.8) is 0 Å². The number of furan rings is 1. The van der Waals surface area contributed by atoms with Gasteiger partial charge in [0.1, 0.15) is 11.2 Å². The minimum absolute atomic E-state index is 0.925. The van der Waals surface area contributed by atoms with Gasteiger partial charge in [-0.3, -0.25) is 0 Å². The van der Waals surface area contributed by atoms with Gasteiger partial charge in [-0.1, -0.05) is 188 Å². The summed E-state index contributed by atoms with van der Waals surface area (Å²) < 4.78 is 9.20. The maximum atomic E-state index is 6.68. The Kier molecular flexibility index (Phi) is 7.63. The van der Waals surface area contributed by atoms with Crippen molar-refractivity contribution in [2.75, 3.05) is 0 Å². The van der Waals surface area contributed by atoms with Crippen molar-refractivity contribution in [3.8, 4) is 44.5 Å². The summed E-state index contributed by atoms with van der Waals surface area (Å²) in [7, 11) is 0. The Labute approximate surface area is 372 Å². The van der Waals surface area contributed by atoms with Crippen LogP contribution in [-0.4, -0.2) is 0 Å². The van der Waals surface area contributed by atoms with Crippen LogP contribution >= 0.6 is 11.3 Å². The van der Waals surface area contributed by atoms with E-state index in [1.807, 2.05) is 11.3 Å². The summed E-state index contributed by atoms with van der Waals surface area (Å²) in [6.07, 6.45) is 0. The summed E-state index contributed by atoms with van der Waals surface area (Å²) in [6.45, 7) is 0. The molecule has 0 fully saturated rings. The molecule has 0 atom stereocenters. The second-order valence-corrected chi connectivity index (χ2v) is 18.1. The maximum Gasteiger partial charge on any atom is 0.144 e. The van der Waals surface area contributed by atoms with E-state index < -0.39 is 0 Å². The number of benzene rings is 12. The predicted molar refractivity (Wildman–Crippen MR) is 276 cm³/mol. The number of para-hydroxylation sites is 1. The molecule has 1 nitrogen and oxygen atoms in total. The maximum absolute atomic E-state index is 6.68. The lowest BCUT2D eigenvalue weighted by atomic mass is 9.83. The molecule has 0 N–H and O–H groups in total. The van der Waals surface area contributed by atoms with Crippen LogP contribution in [0.3, 0.4) is 0 Å². The van der Waals surface area contributed by atoms with Gasteiger partial charge < -0.3 is 4.42 Å². The van der Waals surface area contributed by atoms with Crippen LogP contribution in [0.15, 0.2) is 223 Å². The molecule has 0 radical (unpaired) electrons. The molecule has 0 aliphatic rings. The van der Waals surface area contributed by atoms with Gasteiger partial charge >= 0.3 is 0 Å². The average molecular weight is 829 g/mol. The number of hydrogen-bond donors (Lipinski definition) is 0. The summed E-state index contributed by atoms with van der Waals surface area (Å²) in [4.78, 5) is 0. The fourth-order valence-electron chi connectivity index (χ4n) is 10.9. The molecule has 12 aromatic carbocycles. The molecule has 0 unspecified atom stereocenters. The van der Waals surface area contributed by atoms with Crippen LogP contribution in [0.1, 0.15) is 0 Å². The highest BCUT2D eigenvalue weighted by atomic mass is 32.1. The second kappa shape index (κ2) is 13.7. The van der Waals surface area contributed by atoms with E-state index in [9.17, 15) is 0 Å². The van der Waals surface area contributed by atoms with Gasteiger partial charge in [0.05, 0.1) is 0 Å². The number of thiophene rings is 1. The zero-order valence-corrected chi connectivity index (χ0v) is 35.4. The first-order valence-corrected chi connectivity index (χ1v) is 22.8. The molecule has 64 heavy (non-hydrogen) atoms. The third-order valence-corrected chi connectivity index (χ3v) is 14.8. The Morgan fingerprint density at radius 2 is 0.844 bits per heavy atom. The third kappa shape index (κ3) is 5.12. The van der Waals surface area contributed by atoms with E-state index in [2.05, 4.69) is 218 Å². The second-order valence-electron chi connectivity index (χ2n) is 17.0. The quantitative estimate of drug-likeness (QED) is 0.161. The first-order valence-electron chi connectivity index (χ1n) is 22.0. The fourth-order valence-corrected chi connectivity index (χ4v) is 12.1. The van der Waals surface area contributed by atoms with Crippen molar-refractivity contribution in [2.45, 2.75) is 0 Å². The van der Waals surface area contributed by atoms with Crippen LogP contribution in [0.5, 0.6) is 0 Å². The van der Waals surface area contributed by atoms with E-state index in [-0.39, 0.29) is 0 Å². The molecule has 0 saturated carbocycles. The number of fused-ring (bicyclic) bond motifs is 12. The van der Waals surface area contributed by atoms with E-state index in [0.29, 0.717) is 0 Å². The zero-order chi connectivity index (χ0) is 41.9. The molecule has 0 bridgehead atoms. The van der Waals surface area contributed by atoms with E-state index in [1.54, 1.807) is 0 Å². The van der Waals surface area contributed by atoms with Crippen LogP contribution < -0.4 is 0 Å². The molecule has 0 saturated heterocycles. The van der Waals surface area contributed by atoms with Gasteiger partial charge in [-0.2, -0.15) is 0 Å². The topological polar surface area (TPSA) is 13.1 Å². The van der Waals surface area contributed by atoms with Gasteiger partial charge in [0.15, 0.2) is 0 Å². The molecule has 2 heteroatoms. The molecule has 14 aromatic rings. The highest BCUT2D eigenvalue weighted by molar-refractivity contribution is 7.26. The molecule has 2 heterocycles. The van der Waals surface area contributed by atoms with E-state index in [1.165, 1.54) is 119 Å². The van der Waals surface area contributed by atoms with E-state index >= 15 is 0 Å². The smallest absolute Gasteiger partial charge is 0.144 e. The lowest BCUT2D eigenvalue weighted by Crippen LogP contribution is -1.93. The highest BCUT2D eigenvalue weighted by Gasteiger charge is 2.23. The van der Waals surface area contributed by atoms with Gasteiger partial charge in [0, 0.05) is 36.5 Å². The molecular formula is C62H36OS. The van der Waals surface area contributed by atoms with Crippen LogP contribution in [0.4, 0.5) is 0 Å². The Hall–Kier alpha value is -8.04. The summed E-state index contributed by atoms with van der Waals surface area (Å²) >= 11 is 1.87. The lowest BCUT2D eigenvalue weighted by Gasteiger charge is -2.20. The Bertz CT molecular complexity index is 4200. The minimum Gasteiger partial charge on any atom is -0.455 e. The van der Waals surface area contributed by atoms with Gasteiger partial charge in [-0.15, -0.1) is 11.3 Å². The van der Waals surface area contributed by atoms with Gasteiger partial charge in [0.25, 0.3) is 0 Å². The van der Waals surface area contributed by atoms with Crippen molar-refractivity contribution < 1.29 is 4.42 Å². The molecule has 296 valence electrons. The third-order valence-electron chi connectivity index (χ3n) is 13.6. The van der Waals surface area contributed by atoms with E-state index in [4.69, 9.17) is 4.42 Å². The Morgan fingerprint density at radius 3 is 1.58 bits per heavy atom. The van der Waals surface area contributed by atoms with E-state index in [0.717, 1.165) is 21.9 Å². The van der Waals surface area contributed by atoms with Gasteiger partial charge in [-0.25, -0.2) is 0 Å². The number of hydrogen-bond acceptors (Lipinski definition) is 2. The van der Waals surface area contributed by atoms with Crippen molar-refractivity contribution >= 4 is 107 Å². The van der Waals surface area contributed by atoms with Crippen molar-refractivity contribution in [1.82, 2.24) is 0 Å². The summed E-state index contributed by atoms with van der Waals surface area (Å²) in [6, 6.07) is 80.5. The monoisotopic (exact) mass is 828 g/mol. The van der Waals surface area contributed by atoms with Gasteiger partial charge in [-0.05, 0) is 123 Å². The largest absolute Gasteiger partial charge is 0.455 e. The molecule has 2 aromatic heterocycles. The SMILES string of the molecule is c1cc(-c2cccc3ccccc23)cc(-c2c3ccccc3c(-c3ccc(-c4c5ccccc5cc5c4sc4ccc6c7ccccc7oc6c45)c4ccccc34)c3ccccc23)c1. The predicted octanol–water partition coefficient (Wildman–Crippen LogP) is 18.4. The summed E-state index contributed by atoms with van der Waals surface area (Å²) in [5.41, 5.74) is 11.9. The number of rotatable bonds is 4. The van der Waals surface area contributed by atoms with Crippen molar-refractivity contribution in [1.29, 1.82) is 0 Å².